The molecule has 2 aromatic rings. The van der Waals surface area contributed by atoms with Gasteiger partial charge >= 0.3 is 0 Å². The van der Waals surface area contributed by atoms with Crippen molar-refractivity contribution in [2.24, 2.45) is 0 Å². The van der Waals surface area contributed by atoms with Crippen molar-refractivity contribution in [2.75, 3.05) is 38.1 Å². The predicted molar refractivity (Wildman–Crippen MR) is 75.0 cm³/mol. The number of nitrogens with zero attached hydrogens (tertiary/aromatic N) is 5. The molecule has 0 bridgehead atoms. The van der Waals surface area contributed by atoms with Crippen LogP contribution in [0.2, 0.25) is 0 Å². The third kappa shape index (κ3) is 2.71. The number of likely N-dealkylation sites (N-methyl/N-ethyl adjacent to an activating group) is 1. The molecule has 5 heteroatoms. The zero-order valence-corrected chi connectivity index (χ0v) is 11.0. The zero-order valence-electron chi connectivity index (χ0n) is 11.0. The minimum Gasteiger partial charge on any atom is -0.338 e. The first-order valence-electron chi connectivity index (χ1n) is 6.50. The van der Waals surface area contributed by atoms with E-state index in [1.54, 1.807) is 6.20 Å². The van der Waals surface area contributed by atoms with Crippen molar-refractivity contribution in [3.05, 3.63) is 36.8 Å². The van der Waals surface area contributed by atoms with Gasteiger partial charge in [0, 0.05) is 50.3 Å². The second-order valence-electron chi connectivity index (χ2n) is 4.77. The molecule has 3 heterocycles. The molecule has 0 aliphatic carbocycles. The Labute approximate surface area is 112 Å². The molecule has 5 nitrogen and oxygen atoms in total. The molecule has 98 valence electrons. The molecule has 0 spiro atoms. The van der Waals surface area contributed by atoms with Gasteiger partial charge in [0.15, 0.2) is 0 Å². The van der Waals surface area contributed by atoms with Gasteiger partial charge in [0.2, 0.25) is 5.95 Å². The van der Waals surface area contributed by atoms with Gasteiger partial charge in [-0.25, -0.2) is 9.97 Å². The van der Waals surface area contributed by atoms with Crippen molar-refractivity contribution in [1.82, 2.24) is 19.9 Å². The minimum atomic E-state index is 0.814. The summed E-state index contributed by atoms with van der Waals surface area (Å²) in [6.07, 6.45) is 5.42. The third-order valence-electron chi connectivity index (χ3n) is 3.39. The second kappa shape index (κ2) is 5.32. The van der Waals surface area contributed by atoms with Crippen LogP contribution in [0.1, 0.15) is 0 Å². The third-order valence-corrected chi connectivity index (χ3v) is 3.39. The zero-order chi connectivity index (χ0) is 13.1. The Balaban J connectivity index is 1.84. The fourth-order valence-corrected chi connectivity index (χ4v) is 2.18. The van der Waals surface area contributed by atoms with E-state index in [1.165, 1.54) is 0 Å². The first-order valence-corrected chi connectivity index (χ1v) is 6.50. The lowest BCUT2D eigenvalue weighted by Gasteiger charge is -2.32. The first kappa shape index (κ1) is 12.0. The number of pyridine rings is 1. The highest BCUT2D eigenvalue weighted by Crippen LogP contribution is 2.18. The van der Waals surface area contributed by atoms with Crippen molar-refractivity contribution < 1.29 is 0 Å². The number of aromatic nitrogens is 3. The molecule has 0 unspecified atom stereocenters. The molecular weight excluding hydrogens is 238 g/mol. The quantitative estimate of drug-likeness (QED) is 0.809. The van der Waals surface area contributed by atoms with Crippen LogP contribution in [-0.2, 0) is 0 Å². The number of hydrogen-bond acceptors (Lipinski definition) is 5. The SMILES string of the molecule is CN1CCN(c2nccc(-c3cccnc3)n2)CC1. The number of anilines is 1. The molecular formula is C14H17N5. The minimum absolute atomic E-state index is 0.814. The maximum absolute atomic E-state index is 4.65. The Morgan fingerprint density at radius 3 is 2.63 bits per heavy atom. The molecule has 19 heavy (non-hydrogen) atoms. The normalized spacial score (nSPS) is 16.6. The molecule has 1 fully saturated rings. The maximum Gasteiger partial charge on any atom is 0.225 e. The van der Waals surface area contributed by atoms with E-state index in [-0.39, 0.29) is 0 Å². The Bertz CT molecular complexity index is 535. The van der Waals surface area contributed by atoms with E-state index in [0.717, 1.165) is 43.4 Å². The largest absolute Gasteiger partial charge is 0.338 e. The van der Waals surface area contributed by atoms with Crippen molar-refractivity contribution in [3.63, 3.8) is 0 Å². The van der Waals surface area contributed by atoms with Gasteiger partial charge < -0.3 is 9.80 Å². The van der Waals surface area contributed by atoms with Crippen LogP contribution in [0, 0.1) is 0 Å². The van der Waals surface area contributed by atoms with E-state index in [0.29, 0.717) is 0 Å². The van der Waals surface area contributed by atoms with E-state index in [4.69, 9.17) is 0 Å². The van der Waals surface area contributed by atoms with Gasteiger partial charge in [-0.2, -0.15) is 0 Å². The first-order chi connectivity index (χ1) is 9.33. The van der Waals surface area contributed by atoms with Crippen molar-refractivity contribution in [2.45, 2.75) is 0 Å². The summed E-state index contributed by atoms with van der Waals surface area (Å²) >= 11 is 0. The molecule has 0 amide bonds. The Kier molecular flexibility index (Phi) is 3.37. The van der Waals surface area contributed by atoms with Gasteiger partial charge in [-0.3, -0.25) is 4.98 Å². The smallest absolute Gasteiger partial charge is 0.225 e. The lowest BCUT2D eigenvalue weighted by atomic mass is 10.2. The lowest BCUT2D eigenvalue weighted by Crippen LogP contribution is -2.45. The molecule has 0 aromatic carbocycles. The Morgan fingerprint density at radius 2 is 1.89 bits per heavy atom. The summed E-state index contributed by atoms with van der Waals surface area (Å²) < 4.78 is 0. The molecule has 0 atom stereocenters. The average molecular weight is 255 g/mol. The highest BCUT2D eigenvalue weighted by Gasteiger charge is 2.16. The van der Waals surface area contributed by atoms with Crippen LogP contribution in [0.4, 0.5) is 5.95 Å². The van der Waals surface area contributed by atoms with Gasteiger partial charge in [0.1, 0.15) is 0 Å². The molecule has 0 saturated carbocycles. The second-order valence-corrected chi connectivity index (χ2v) is 4.77. The number of piperazine rings is 1. The van der Waals surface area contributed by atoms with E-state index in [9.17, 15) is 0 Å². The molecule has 1 saturated heterocycles. The summed E-state index contributed by atoms with van der Waals surface area (Å²) in [5, 5.41) is 0. The molecule has 2 aromatic heterocycles. The standard InChI is InChI=1S/C14H17N5/c1-18-7-9-19(10-8-18)14-16-6-4-13(17-14)12-3-2-5-15-11-12/h2-6,11H,7-10H2,1H3. The summed E-state index contributed by atoms with van der Waals surface area (Å²) in [6.45, 7) is 4.07. The van der Waals surface area contributed by atoms with Gasteiger partial charge in [-0.15, -0.1) is 0 Å². The van der Waals surface area contributed by atoms with Gasteiger partial charge in [-0.1, -0.05) is 0 Å². The van der Waals surface area contributed by atoms with E-state index < -0.39 is 0 Å². The topological polar surface area (TPSA) is 45.2 Å². The molecule has 1 aliphatic rings. The van der Waals surface area contributed by atoms with Crippen LogP contribution in [0.15, 0.2) is 36.8 Å². The summed E-state index contributed by atoms with van der Waals surface area (Å²) in [5.74, 6) is 0.814. The van der Waals surface area contributed by atoms with Gasteiger partial charge in [-0.05, 0) is 25.2 Å². The molecule has 0 radical (unpaired) electrons. The number of rotatable bonds is 2. The van der Waals surface area contributed by atoms with Crippen LogP contribution >= 0.6 is 0 Å². The van der Waals surface area contributed by atoms with Gasteiger partial charge in [0.25, 0.3) is 0 Å². The van der Waals surface area contributed by atoms with Crippen molar-refractivity contribution in [1.29, 1.82) is 0 Å². The van der Waals surface area contributed by atoms with Crippen molar-refractivity contribution >= 4 is 5.95 Å². The van der Waals surface area contributed by atoms with Crippen LogP contribution in [0.5, 0.6) is 0 Å². The summed E-state index contributed by atoms with van der Waals surface area (Å²) in [5.41, 5.74) is 1.96. The highest BCUT2D eigenvalue weighted by atomic mass is 15.3. The van der Waals surface area contributed by atoms with Crippen LogP contribution in [0.25, 0.3) is 11.3 Å². The van der Waals surface area contributed by atoms with Crippen LogP contribution in [-0.4, -0.2) is 53.1 Å². The summed E-state index contributed by atoms with van der Waals surface area (Å²) in [6, 6.07) is 5.87. The lowest BCUT2D eigenvalue weighted by molar-refractivity contribution is 0.311. The maximum atomic E-state index is 4.65. The monoisotopic (exact) mass is 255 g/mol. The van der Waals surface area contributed by atoms with E-state index in [2.05, 4.69) is 31.8 Å². The summed E-state index contributed by atoms with van der Waals surface area (Å²) in [4.78, 5) is 17.7. The van der Waals surface area contributed by atoms with E-state index >= 15 is 0 Å². The van der Waals surface area contributed by atoms with Gasteiger partial charge in [0.05, 0.1) is 5.69 Å². The predicted octanol–water partition coefficient (Wildman–Crippen LogP) is 1.29. The fraction of sp³-hybridized carbons (Fsp3) is 0.357. The Hall–Kier alpha value is -2.01. The van der Waals surface area contributed by atoms with Crippen LogP contribution in [0.3, 0.4) is 0 Å². The van der Waals surface area contributed by atoms with E-state index in [1.807, 2.05) is 30.6 Å². The fourth-order valence-electron chi connectivity index (χ4n) is 2.18. The number of hydrogen-bond donors (Lipinski definition) is 0. The highest BCUT2D eigenvalue weighted by molar-refractivity contribution is 5.58. The molecule has 3 rings (SSSR count). The van der Waals surface area contributed by atoms with Crippen LogP contribution < -0.4 is 4.90 Å². The summed E-state index contributed by atoms with van der Waals surface area (Å²) in [7, 11) is 2.14. The van der Waals surface area contributed by atoms with Crippen molar-refractivity contribution in [3.8, 4) is 11.3 Å². The Morgan fingerprint density at radius 1 is 1.05 bits per heavy atom. The average Bonchev–Trinajstić information content (AvgIpc) is 2.49. The molecule has 1 aliphatic heterocycles. The molecule has 0 N–H and O–H groups in total.